The van der Waals surface area contributed by atoms with Crippen LogP contribution in [0.1, 0.15) is 57.2 Å². The number of alkyl halides is 1. The second-order valence-electron chi connectivity index (χ2n) is 15.1. The zero-order chi connectivity index (χ0) is 36.3. The van der Waals surface area contributed by atoms with E-state index in [1.807, 2.05) is 72.8 Å². The van der Waals surface area contributed by atoms with Crippen LogP contribution in [0.3, 0.4) is 0 Å². The molecule has 4 aromatic carbocycles. The maximum Gasteiger partial charge on any atom is 0.192 e. The van der Waals surface area contributed by atoms with Crippen molar-refractivity contribution in [1.29, 1.82) is 0 Å². The second-order valence-corrected chi connectivity index (χ2v) is 22.0. The third-order valence-electron chi connectivity index (χ3n) is 10.2. The monoisotopic (exact) mass is 746 g/mol. The summed E-state index contributed by atoms with van der Waals surface area (Å²) in [6, 6.07) is 41.1. The molecule has 6 atom stereocenters. The zero-order valence-electron chi connectivity index (χ0n) is 31.0. The summed E-state index contributed by atoms with van der Waals surface area (Å²) in [5.74, 6) is 0. The van der Waals surface area contributed by atoms with Crippen LogP contribution in [-0.2, 0) is 43.2 Å². The van der Waals surface area contributed by atoms with Crippen LogP contribution in [-0.4, -0.2) is 49.7 Å². The molecule has 0 N–H and O–H groups in total. The number of hydrogen-bond donors (Lipinski definition) is 0. The van der Waals surface area contributed by atoms with E-state index >= 15 is 0 Å². The fourth-order valence-electron chi connectivity index (χ4n) is 6.12. The van der Waals surface area contributed by atoms with Gasteiger partial charge in [-0.05, 0) is 53.9 Å². The summed E-state index contributed by atoms with van der Waals surface area (Å²) in [6.45, 7) is 15.3. The van der Waals surface area contributed by atoms with Crippen LogP contribution < -0.4 is 0 Å². The summed E-state index contributed by atoms with van der Waals surface area (Å²) < 4.78 is 34.5. The second kappa shape index (κ2) is 18.5. The fraction of sp³-hybridized carbons (Fsp3) is 0.442. The van der Waals surface area contributed by atoms with Gasteiger partial charge in [0.1, 0.15) is 11.7 Å². The number of thioether (sulfide) groups is 1. The first kappa shape index (κ1) is 39.7. The molecule has 1 heterocycles. The molecule has 0 amide bonds. The summed E-state index contributed by atoms with van der Waals surface area (Å²) >= 11 is 8.85. The van der Waals surface area contributed by atoms with Crippen molar-refractivity contribution in [2.75, 3.05) is 6.61 Å². The van der Waals surface area contributed by atoms with Gasteiger partial charge in [-0.2, -0.15) is 0 Å². The number of ether oxygens (including phenoxy) is 4. The average molecular weight is 748 g/mol. The number of hydrogen-bond acceptors (Lipinski definition) is 6. The molecule has 274 valence electrons. The summed E-state index contributed by atoms with van der Waals surface area (Å²) in [7, 11) is -2.28. The molecule has 0 aliphatic carbocycles. The van der Waals surface area contributed by atoms with Crippen molar-refractivity contribution in [3.05, 3.63) is 138 Å². The SMILES string of the molecule is CC(C)(C)[Si](C)(C)O[C@@H]1C[C@H](OCc2ccccc2)[C@@H](COCc2ccccc2)O[C@@]1(C)[C@@H](CC(Cl)Sc1ccccc1)OCc1ccccc1. The highest BCUT2D eigenvalue weighted by Crippen LogP contribution is 2.45. The summed E-state index contributed by atoms with van der Waals surface area (Å²) in [6.07, 6.45) is -0.133. The van der Waals surface area contributed by atoms with Crippen molar-refractivity contribution in [2.45, 2.75) is 118 Å². The first-order valence-corrected chi connectivity index (χ1v) is 22.3. The highest BCUT2D eigenvalue weighted by molar-refractivity contribution is 8.01. The van der Waals surface area contributed by atoms with Crippen molar-refractivity contribution in [3.63, 3.8) is 0 Å². The van der Waals surface area contributed by atoms with E-state index in [4.69, 9.17) is 35.0 Å². The van der Waals surface area contributed by atoms with Gasteiger partial charge in [-0.25, -0.2) is 0 Å². The van der Waals surface area contributed by atoms with Gasteiger partial charge in [0.15, 0.2) is 8.32 Å². The van der Waals surface area contributed by atoms with Crippen molar-refractivity contribution in [3.8, 4) is 0 Å². The molecule has 1 fully saturated rings. The lowest BCUT2D eigenvalue weighted by molar-refractivity contribution is -0.274. The Balaban J connectivity index is 1.48. The van der Waals surface area contributed by atoms with Crippen LogP contribution in [0, 0.1) is 0 Å². The Kier molecular flexibility index (Phi) is 14.4. The van der Waals surface area contributed by atoms with E-state index < -0.39 is 20.0 Å². The number of rotatable bonds is 17. The highest BCUT2D eigenvalue weighted by Gasteiger charge is 2.55. The van der Waals surface area contributed by atoms with Gasteiger partial charge < -0.3 is 23.4 Å². The molecule has 0 spiro atoms. The molecule has 5 nitrogen and oxygen atoms in total. The molecule has 1 aliphatic rings. The minimum atomic E-state index is -2.28. The molecule has 51 heavy (non-hydrogen) atoms. The average Bonchev–Trinajstić information content (AvgIpc) is 3.11. The van der Waals surface area contributed by atoms with E-state index in [-0.39, 0.29) is 28.1 Å². The molecule has 0 bridgehead atoms. The van der Waals surface area contributed by atoms with E-state index in [2.05, 4.69) is 89.3 Å². The van der Waals surface area contributed by atoms with Crippen molar-refractivity contribution in [1.82, 2.24) is 0 Å². The first-order chi connectivity index (χ1) is 24.4. The lowest BCUT2D eigenvalue weighted by Crippen LogP contribution is -2.65. The van der Waals surface area contributed by atoms with E-state index in [1.165, 1.54) is 0 Å². The molecule has 8 heteroatoms. The molecule has 1 unspecified atom stereocenters. The molecule has 4 aromatic rings. The molecular weight excluding hydrogens is 692 g/mol. The predicted molar refractivity (Wildman–Crippen MR) is 213 cm³/mol. The fourth-order valence-corrected chi connectivity index (χ4v) is 8.86. The minimum absolute atomic E-state index is 0.0114. The highest BCUT2D eigenvalue weighted by atomic mass is 35.5. The first-order valence-electron chi connectivity index (χ1n) is 18.1. The van der Waals surface area contributed by atoms with Crippen LogP contribution in [0.25, 0.3) is 0 Å². The largest absolute Gasteiger partial charge is 0.411 e. The quantitative estimate of drug-likeness (QED) is 0.0609. The Labute approximate surface area is 316 Å². The summed E-state index contributed by atoms with van der Waals surface area (Å²) in [5, 5.41) is -0.0114. The lowest BCUT2D eigenvalue weighted by atomic mass is 9.83. The smallest absolute Gasteiger partial charge is 0.192 e. The Morgan fingerprint density at radius 1 is 0.784 bits per heavy atom. The minimum Gasteiger partial charge on any atom is -0.411 e. The predicted octanol–water partition coefficient (Wildman–Crippen LogP) is 11.1. The third-order valence-corrected chi connectivity index (χ3v) is 16.1. The van der Waals surface area contributed by atoms with E-state index in [9.17, 15) is 0 Å². The van der Waals surface area contributed by atoms with Gasteiger partial charge in [-0.3, -0.25) is 0 Å². The van der Waals surface area contributed by atoms with Crippen LogP contribution in [0.2, 0.25) is 18.1 Å². The Morgan fingerprint density at radius 3 is 1.84 bits per heavy atom. The topological polar surface area (TPSA) is 46.2 Å². The molecule has 1 saturated heterocycles. The Hall–Kier alpha value is -2.46. The molecule has 0 saturated carbocycles. The van der Waals surface area contributed by atoms with Crippen molar-refractivity contribution in [2.24, 2.45) is 0 Å². The summed E-state index contributed by atoms with van der Waals surface area (Å²) in [4.78, 5) is 1.12. The van der Waals surface area contributed by atoms with Crippen LogP contribution >= 0.6 is 23.4 Å². The van der Waals surface area contributed by atoms with Gasteiger partial charge in [-0.1, -0.05) is 130 Å². The molecule has 1 aliphatic heterocycles. The van der Waals surface area contributed by atoms with Gasteiger partial charge in [0, 0.05) is 17.7 Å². The van der Waals surface area contributed by atoms with E-state index in [0.29, 0.717) is 39.3 Å². The molecule has 0 aromatic heterocycles. The number of halogens is 1. The lowest BCUT2D eigenvalue weighted by Gasteiger charge is -2.54. The van der Waals surface area contributed by atoms with Gasteiger partial charge in [0.2, 0.25) is 0 Å². The van der Waals surface area contributed by atoms with Gasteiger partial charge in [0.25, 0.3) is 0 Å². The van der Waals surface area contributed by atoms with Gasteiger partial charge >= 0.3 is 0 Å². The van der Waals surface area contributed by atoms with Crippen LogP contribution in [0.5, 0.6) is 0 Å². The number of benzene rings is 4. The Morgan fingerprint density at radius 2 is 1.29 bits per heavy atom. The zero-order valence-corrected chi connectivity index (χ0v) is 33.6. The molecular formula is C43H55ClO5SSi. The Bertz CT molecular complexity index is 1570. The molecule has 5 rings (SSSR count). The van der Waals surface area contributed by atoms with Crippen LogP contribution in [0.15, 0.2) is 126 Å². The molecule has 0 radical (unpaired) electrons. The van der Waals surface area contributed by atoms with Gasteiger partial charge in [-0.15, -0.1) is 23.4 Å². The van der Waals surface area contributed by atoms with E-state index in [1.54, 1.807) is 11.8 Å². The normalized spacial score (nSPS) is 22.4. The van der Waals surface area contributed by atoms with Crippen molar-refractivity contribution < 1.29 is 23.4 Å². The van der Waals surface area contributed by atoms with Crippen LogP contribution in [0.4, 0.5) is 0 Å². The van der Waals surface area contributed by atoms with E-state index in [0.717, 1.165) is 21.6 Å². The third kappa shape index (κ3) is 11.5. The maximum absolute atomic E-state index is 7.36. The maximum atomic E-state index is 7.36. The standard InChI is InChI=1S/C43H55ClO5SSi/c1-42(2,3)51(5,6)49-40-27-37(46-30-34-21-13-8-14-22-34)38(32-45-29-33-19-11-7-12-20-33)48-43(40,4)39(47-31-35-23-15-9-16-24-35)28-41(44)50-36-25-17-10-18-26-36/h7-26,37-41H,27-32H2,1-6H3/t37-,38+,39+,40+,41?,43-/m0/s1. The van der Waals surface area contributed by atoms with Crippen molar-refractivity contribution >= 4 is 31.7 Å². The summed E-state index contributed by atoms with van der Waals surface area (Å²) in [5.41, 5.74) is 2.47. The van der Waals surface area contributed by atoms with Gasteiger partial charge in [0.05, 0.1) is 49.4 Å².